The van der Waals surface area contributed by atoms with Crippen molar-refractivity contribution < 1.29 is 4.74 Å². The fraction of sp³-hybridized carbons (Fsp3) is 0.786. The maximum atomic E-state index is 5.49. The minimum atomic E-state index is 0.400. The minimum Gasteiger partial charge on any atom is -0.381 e. The lowest BCUT2D eigenvalue weighted by Crippen LogP contribution is -2.38. The summed E-state index contributed by atoms with van der Waals surface area (Å²) < 4.78 is 5.49. The van der Waals surface area contributed by atoms with E-state index >= 15 is 0 Å². The first-order valence-corrected chi connectivity index (χ1v) is 7.64. The molecule has 1 N–H and O–H groups in total. The largest absolute Gasteiger partial charge is 0.381 e. The molecule has 0 radical (unpaired) electrons. The van der Waals surface area contributed by atoms with Crippen LogP contribution in [0.15, 0.2) is 0 Å². The molecule has 1 heterocycles. The molecule has 1 fully saturated rings. The van der Waals surface area contributed by atoms with Crippen LogP contribution in [0.25, 0.3) is 0 Å². The summed E-state index contributed by atoms with van der Waals surface area (Å²) in [6, 6.07) is 0.984. The highest BCUT2D eigenvalue weighted by Gasteiger charge is 2.24. The van der Waals surface area contributed by atoms with Crippen molar-refractivity contribution >= 4 is 11.3 Å². The van der Waals surface area contributed by atoms with E-state index in [2.05, 4.69) is 31.1 Å². The molecule has 0 spiro atoms. The van der Waals surface area contributed by atoms with Gasteiger partial charge < -0.3 is 10.1 Å². The molecule has 0 aromatic carbocycles. The van der Waals surface area contributed by atoms with Gasteiger partial charge in [0.2, 0.25) is 0 Å². The van der Waals surface area contributed by atoms with Crippen LogP contribution < -0.4 is 5.32 Å². The molecule has 3 nitrogen and oxygen atoms in total. The SMILES string of the molecule is COC1CCCC(NC(C)c2sc(C)nc2C)C1. The van der Waals surface area contributed by atoms with Crippen molar-refractivity contribution in [3.05, 3.63) is 15.6 Å². The third kappa shape index (κ3) is 3.31. The Labute approximate surface area is 114 Å². The molecule has 0 aliphatic heterocycles. The lowest BCUT2D eigenvalue weighted by atomic mass is 9.92. The van der Waals surface area contributed by atoms with Crippen molar-refractivity contribution in [1.29, 1.82) is 0 Å². The first kappa shape index (κ1) is 14.0. The minimum absolute atomic E-state index is 0.400. The van der Waals surface area contributed by atoms with E-state index < -0.39 is 0 Å². The van der Waals surface area contributed by atoms with Gasteiger partial charge in [0.15, 0.2) is 0 Å². The lowest BCUT2D eigenvalue weighted by molar-refractivity contribution is 0.0573. The van der Waals surface area contributed by atoms with E-state index in [0.717, 1.165) is 11.4 Å². The summed E-state index contributed by atoms with van der Waals surface area (Å²) >= 11 is 1.81. The van der Waals surface area contributed by atoms with Crippen LogP contribution >= 0.6 is 11.3 Å². The first-order valence-electron chi connectivity index (χ1n) is 6.83. The van der Waals surface area contributed by atoms with Crippen molar-refractivity contribution in [2.24, 2.45) is 0 Å². The fourth-order valence-corrected chi connectivity index (χ4v) is 3.83. The summed E-state index contributed by atoms with van der Waals surface area (Å²) in [5.41, 5.74) is 1.18. The summed E-state index contributed by atoms with van der Waals surface area (Å²) in [6.07, 6.45) is 5.32. The van der Waals surface area contributed by atoms with Gasteiger partial charge in [-0.15, -0.1) is 11.3 Å². The van der Waals surface area contributed by atoms with E-state index in [0.29, 0.717) is 18.2 Å². The van der Waals surface area contributed by atoms with Crippen LogP contribution in [0.5, 0.6) is 0 Å². The van der Waals surface area contributed by atoms with Gasteiger partial charge in [-0.2, -0.15) is 0 Å². The number of ether oxygens (including phenoxy) is 1. The standard InChI is InChI=1S/C14H24N2OS/c1-9-14(18-11(3)15-9)10(2)16-12-6-5-7-13(8-12)17-4/h10,12-13,16H,5-8H2,1-4H3. The van der Waals surface area contributed by atoms with E-state index in [9.17, 15) is 0 Å². The smallest absolute Gasteiger partial charge is 0.0900 e. The van der Waals surface area contributed by atoms with Gasteiger partial charge in [-0.25, -0.2) is 4.98 Å². The molecule has 1 saturated carbocycles. The van der Waals surface area contributed by atoms with Crippen molar-refractivity contribution in [3.63, 3.8) is 0 Å². The summed E-state index contributed by atoms with van der Waals surface area (Å²) in [7, 11) is 1.83. The molecule has 102 valence electrons. The number of nitrogens with zero attached hydrogens (tertiary/aromatic N) is 1. The Morgan fingerprint density at radius 2 is 2.17 bits per heavy atom. The zero-order valence-corrected chi connectivity index (χ0v) is 12.6. The van der Waals surface area contributed by atoms with Crippen LogP contribution in [0.2, 0.25) is 0 Å². The Morgan fingerprint density at radius 3 is 2.78 bits per heavy atom. The van der Waals surface area contributed by atoms with Gasteiger partial charge >= 0.3 is 0 Å². The van der Waals surface area contributed by atoms with Gasteiger partial charge in [0.05, 0.1) is 16.8 Å². The molecule has 0 saturated heterocycles. The number of hydrogen-bond donors (Lipinski definition) is 1. The van der Waals surface area contributed by atoms with Crippen molar-refractivity contribution in [1.82, 2.24) is 10.3 Å². The van der Waals surface area contributed by atoms with Crippen LogP contribution in [0.4, 0.5) is 0 Å². The molecular formula is C14H24N2OS. The maximum absolute atomic E-state index is 5.49. The number of aromatic nitrogens is 1. The van der Waals surface area contributed by atoms with E-state index in [4.69, 9.17) is 4.74 Å². The summed E-state index contributed by atoms with van der Waals surface area (Å²) in [4.78, 5) is 5.89. The number of thiazole rings is 1. The monoisotopic (exact) mass is 268 g/mol. The zero-order chi connectivity index (χ0) is 13.1. The molecule has 18 heavy (non-hydrogen) atoms. The second-order valence-corrected chi connectivity index (χ2v) is 6.53. The summed E-state index contributed by atoms with van der Waals surface area (Å²) in [6.45, 7) is 6.43. The molecule has 1 aromatic rings. The number of methoxy groups -OCH3 is 1. The van der Waals surface area contributed by atoms with Gasteiger partial charge in [0.1, 0.15) is 0 Å². The molecule has 1 aliphatic carbocycles. The summed E-state index contributed by atoms with van der Waals surface area (Å²) in [5.74, 6) is 0. The highest BCUT2D eigenvalue weighted by molar-refractivity contribution is 7.11. The maximum Gasteiger partial charge on any atom is 0.0900 e. The average Bonchev–Trinajstić information content (AvgIpc) is 2.69. The Morgan fingerprint density at radius 1 is 1.39 bits per heavy atom. The second-order valence-electron chi connectivity index (χ2n) is 5.29. The second kappa shape index (κ2) is 6.13. The van der Waals surface area contributed by atoms with E-state index in [-0.39, 0.29) is 0 Å². The highest BCUT2D eigenvalue weighted by atomic mass is 32.1. The molecular weight excluding hydrogens is 244 g/mol. The Bertz CT molecular complexity index is 391. The van der Waals surface area contributed by atoms with Gasteiger partial charge in [-0.3, -0.25) is 0 Å². The third-order valence-electron chi connectivity index (χ3n) is 3.78. The average molecular weight is 268 g/mol. The molecule has 3 unspecified atom stereocenters. The van der Waals surface area contributed by atoms with E-state index in [1.54, 1.807) is 0 Å². The van der Waals surface area contributed by atoms with Gasteiger partial charge in [0.25, 0.3) is 0 Å². The van der Waals surface area contributed by atoms with Crippen LogP contribution in [-0.2, 0) is 4.74 Å². The van der Waals surface area contributed by atoms with Gasteiger partial charge in [-0.1, -0.05) is 0 Å². The Balaban J connectivity index is 1.94. The lowest BCUT2D eigenvalue weighted by Gasteiger charge is -2.31. The quantitative estimate of drug-likeness (QED) is 0.909. The van der Waals surface area contributed by atoms with Crippen LogP contribution in [-0.4, -0.2) is 24.2 Å². The normalized spacial score (nSPS) is 26.2. The number of hydrogen-bond acceptors (Lipinski definition) is 4. The van der Waals surface area contributed by atoms with E-state index in [1.165, 1.54) is 29.8 Å². The third-order valence-corrected chi connectivity index (χ3v) is 5.03. The van der Waals surface area contributed by atoms with Crippen molar-refractivity contribution in [2.45, 2.75) is 64.6 Å². The fourth-order valence-electron chi connectivity index (χ4n) is 2.89. The van der Waals surface area contributed by atoms with Crippen LogP contribution in [0, 0.1) is 13.8 Å². The van der Waals surface area contributed by atoms with Gasteiger partial charge in [-0.05, 0) is 46.5 Å². The number of rotatable bonds is 4. The van der Waals surface area contributed by atoms with Crippen molar-refractivity contribution in [3.8, 4) is 0 Å². The summed E-state index contributed by atoms with van der Waals surface area (Å²) in [5, 5.41) is 4.91. The van der Waals surface area contributed by atoms with Crippen molar-refractivity contribution in [2.75, 3.05) is 7.11 Å². The highest BCUT2D eigenvalue weighted by Crippen LogP contribution is 2.27. The van der Waals surface area contributed by atoms with Crippen LogP contribution in [0.1, 0.15) is 54.2 Å². The predicted molar refractivity (Wildman–Crippen MR) is 76.2 cm³/mol. The Hall–Kier alpha value is -0.450. The molecule has 1 aliphatic rings. The predicted octanol–water partition coefficient (Wildman–Crippen LogP) is 3.37. The van der Waals surface area contributed by atoms with E-state index in [1.807, 2.05) is 18.4 Å². The molecule has 2 rings (SSSR count). The molecule has 0 amide bonds. The Kier molecular flexibility index (Phi) is 4.76. The number of nitrogens with one attached hydrogen (secondary N) is 1. The first-order chi connectivity index (χ1) is 8.60. The zero-order valence-electron chi connectivity index (χ0n) is 11.8. The number of aryl methyl sites for hydroxylation is 2. The molecule has 1 aromatic heterocycles. The molecule has 0 bridgehead atoms. The van der Waals surface area contributed by atoms with Crippen LogP contribution in [0.3, 0.4) is 0 Å². The molecule has 3 atom stereocenters. The van der Waals surface area contributed by atoms with Gasteiger partial charge in [0, 0.05) is 24.1 Å². The topological polar surface area (TPSA) is 34.1 Å². The molecule has 4 heteroatoms.